The highest BCUT2D eigenvalue weighted by Crippen LogP contribution is 2.18. The van der Waals surface area contributed by atoms with Crippen LogP contribution in [0.5, 0.6) is 5.75 Å². The molecule has 0 aliphatic carbocycles. The Labute approximate surface area is 120 Å². The third-order valence-corrected chi connectivity index (χ3v) is 3.53. The molecule has 0 bridgehead atoms. The first kappa shape index (κ1) is 14.0. The molecule has 0 unspecified atom stereocenters. The molecule has 2 rings (SSSR count). The van der Waals surface area contributed by atoms with Crippen LogP contribution in [-0.4, -0.2) is 7.11 Å². The summed E-state index contributed by atoms with van der Waals surface area (Å²) in [4.78, 5) is 0. The van der Waals surface area contributed by atoms with E-state index in [0.29, 0.717) is 6.54 Å². The molecule has 2 aromatic rings. The van der Waals surface area contributed by atoms with Crippen molar-refractivity contribution < 1.29 is 9.13 Å². The highest BCUT2D eigenvalue weighted by atomic mass is 79.9. The topological polar surface area (TPSA) is 21.3 Å². The van der Waals surface area contributed by atoms with Gasteiger partial charge in [-0.1, -0.05) is 34.1 Å². The Balaban J connectivity index is 1.92. The van der Waals surface area contributed by atoms with E-state index >= 15 is 0 Å². The van der Waals surface area contributed by atoms with E-state index in [0.717, 1.165) is 27.9 Å². The molecule has 0 radical (unpaired) electrons. The fourth-order valence-electron chi connectivity index (χ4n) is 1.79. The van der Waals surface area contributed by atoms with Gasteiger partial charge in [0.1, 0.15) is 11.6 Å². The molecule has 0 saturated heterocycles. The van der Waals surface area contributed by atoms with Gasteiger partial charge in [0.2, 0.25) is 0 Å². The number of ether oxygens (including phenoxy) is 1. The molecular formula is C15H15BrFNO. The smallest absolute Gasteiger partial charge is 0.124 e. The molecule has 2 nitrogen and oxygen atoms in total. The van der Waals surface area contributed by atoms with Crippen molar-refractivity contribution in [3.63, 3.8) is 0 Å². The van der Waals surface area contributed by atoms with E-state index in [-0.39, 0.29) is 5.82 Å². The predicted octanol–water partition coefficient (Wildman–Crippen LogP) is 3.89. The Morgan fingerprint density at radius 3 is 2.74 bits per heavy atom. The van der Waals surface area contributed by atoms with Crippen LogP contribution in [0, 0.1) is 5.82 Å². The molecule has 1 N–H and O–H groups in total. The van der Waals surface area contributed by atoms with Crippen LogP contribution >= 0.6 is 15.9 Å². The van der Waals surface area contributed by atoms with Gasteiger partial charge in [-0.3, -0.25) is 0 Å². The first-order valence-corrected chi connectivity index (χ1v) is 6.76. The summed E-state index contributed by atoms with van der Waals surface area (Å²) in [7, 11) is 1.65. The molecule has 0 saturated carbocycles. The van der Waals surface area contributed by atoms with Gasteiger partial charge >= 0.3 is 0 Å². The summed E-state index contributed by atoms with van der Waals surface area (Å²) in [6.45, 7) is 1.42. The Bertz CT molecular complexity index is 560. The van der Waals surface area contributed by atoms with E-state index in [2.05, 4.69) is 21.2 Å². The summed E-state index contributed by atoms with van der Waals surface area (Å²) in [5, 5.41) is 3.32. The number of nitrogens with one attached hydrogen (secondary N) is 1. The minimum Gasteiger partial charge on any atom is -0.497 e. The van der Waals surface area contributed by atoms with Crippen molar-refractivity contribution in [2.24, 2.45) is 0 Å². The van der Waals surface area contributed by atoms with E-state index in [1.165, 1.54) is 12.1 Å². The third kappa shape index (κ3) is 4.04. The lowest BCUT2D eigenvalue weighted by Crippen LogP contribution is -2.13. The Morgan fingerprint density at radius 2 is 2.00 bits per heavy atom. The van der Waals surface area contributed by atoms with Crippen LogP contribution < -0.4 is 10.1 Å². The maximum atomic E-state index is 13.0. The fourth-order valence-corrected chi connectivity index (χ4v) is 2.28. The SMILES string of the molecule is COc1cccc(CNCc2ccc(F)cc2Br)c1. The average Bonchev–Trinajstić information content (AvgIpc) is 2.41. The van der Waals surface area contributed by atoms with Crippen molar-refractivity contribution in [3.8, 4) is 5.75 Å². The molecular weight excluding hydrogens is 309 g/mol. The van der Waals surface area contributed by atoms with Crippen LogP contribution in [0.2, 0.25) is 0 Å². The normalized spacial score (nSPS) is 10.5. The molecule has 0 fully saturated rings. The van der Waals surface area contributed by atoms with Crippen LogP contribution in [0.25, 0.3) is 0 Å². The van der Waals surface area contributed by atoms with E-state index in [1.807, 2.05) is 24.3 Å². The van der Waals surface area contributed by atoms with Gasteiger partial charge in [-0.05, 0) is 35.4 Å². The zero-order valence-corrected chi connectivity index (χ0v) is 12.2. The van der Waals surface area contributed by atoms with Gasteiger partial charge in [-0.15, -0.1) is 0 Å². The number of benzene rings is 2. The molecule has 0 atom stereocenters. The van der Waals surface area contributed by atoms with Gasteiger partial charge in [0, 0.05) is 17.6 Å². The van der Waals surface area contributed by atoms with Crippen molar-refractivity contribution in [2.75, 3.05) is 7.11 Å². The van der Waals surface area contributed by atoms with E-state index in [1.54, 1.807) is 13.2 Å². The number of halogens is 2. The highest BCUT2D eigenvalue weighted by molar-refractivity contribution is 9.10. The monoisotopic (exact) mass is 323 g/mol. The first-order chi connectivity index (χ1) is 9.19. The number of hydrogen-bond donors (Lipinski definition) is 1. The lowest BCUT2D eigenvalue weighted by molar-refractivity contribution is 0.414. The molecule has 19 heavy (non-hydrogen) atoms. The standard InChI is InChI=1S/C15H15BrFNO/c1-19-14-4-2-3-11(7-14)9-18-10-12-5-6-13(17)8-15(12)16/h2-8,18H,9-10H2,1H3. The van der Waals surface area contributed by atoms with Crippen molar-refractivity contribution in [1.82, 2.24) is 5.32 Å². The van der Waals surface area contributed by atoms with Crippen LogP contribution in [0.3, 0.4) is 0 Å². The van der Waals surface area contributed by atoms with E-state index in [4.69, 9.17) is 4.74 Å². The summed E-state index contributed by atoms with van der Waals surface area (Å²) in [5.74, 6) is 0.616. The molecule has 0 heterocycles. The van der Waals surface area contributed by atoms with E-state index in [9.17, 15) is 4.39 Å². The molecule has 100 valence electrons. The van der Waals surface area contributed by atoms with Crippen LogP contribution in [0.4, 0.5) is 4.39 Å². The summed E-state index contributed by atoms with van der Waals surface area (Å²) < 4.78 is 18.9. The van der Waals surface area contributed by atoms with Gasteiger partial charge in [0.05, 0.1) is 7.11 Å². The van der Waals surface area contributed by atoms with Gasteiger partial charge in [-0.25, -0.2) is 4.39 Å². The zero-order chi connectivity index (χ0) is 13.7. The number of rotatable bonds is 5. The quantitative estimate of drug-likeness (QED) is 0.901. The fraction of sp³-hybridized carbons (Fsp3) is 0.200. The zero-order valence-electron chi connectivity index (χ0n) is 10.6. The third-order valence-electron chi connectivity index (χ3n) is 2.79. The largest absolute Gasteiger partial charge is 0.497 e. The predicted molar refractivity (Wildman–Crippen MR) is 77.6 cm³/mol. The summed E-state index contributed by atoms with van der Waals surface area (Å²) in [5.41, 5.74) is 2.18. The van der Waals surface area contributed by atoms with Crippen molar-refractivity contribution >= 4 is 15.9 Å². The Hall–Kier alpha value is -1.39. The molecule has 0 aliphatic heterocycles. The minimum absolute atomic E-state index is 0.233. The van der Waals surface area contributed by atoms with Gasteiger partial charge in [-0.2, -0.15) is 0 Å². The lowest BCUT2D eigenvalue weighted by atomic mass is 10.2. The van der Waals surface area contributed by atoms with Gasteiger partial charge < -0.3 is 10.1 Å². The van der Waals surface area contributed by atoms with Crippen LogP contribution in [0.15, 0.2) is 46.9 Å². The second-order valence-electron chi connectivity index (χ2n) is 4.19. The van der Waals surface area contributed by atoms with Crippen molar-refractivity contribution in [3.05, 3.63) is 63.9 Å². The highest BCUT2D eigenvalue weighted by Gasteiger charge is 2.01. The van der Waals surface area contributed by atoms with Crippen molar-refractivity contribution in [1.29, 1.82) is 0 Å². The number of hydrogen-bond acceptors (Lipinski definition) is 2. The Kier molecular flexibility index (Phi) is 4.93. The van der Waals surface area contributed by atoms with Crippen LogP contribution in [-0.2, 0) is 13.1 Å². The minimum atomic E-state index is -0.233. The van der Waals surface area contributed by atoms with Crippen LogP contribution in [0.1, 0.15) is 11.1 Å². The van der Waals surface area contributed by atoms with Gasteiger partial charge in [0.15, 0.2) is 0 Å². The first-order valence-electron chi connectivity index (χ1n) is 5.96. The maximum Gasteiger partial charge on any atom is 0.124 e. The average molecular weight is 324 g/mol. The molecule has 4 heteroatoms. The molecule has 0 spiro atoms. The van der Waals surface area contributed by atoms with Gasteiger partial charge in [0.25, 0.3) is 0 Å². The lowest BCUT2D eigenvalue weighted by Gasteiger charge is -2.08. The summed E-state index contributed by atoms with van der Waals surface area (Å²) in [6, 6.07) is 12.6. The van der Waals surface area contributed by atoms with Crippen molar-refractivity contribution in [2.45, 2.75) is 13.1 Å². The second-order valence-corrected chi connectivity index (χ2v) is 5.05. The Morgan fingerprint density at radius 1 is 1.16 bits per heavy atom. The van der Waals surface area contributed by atoms with E-state index < -0.39 is 0 Å². The maximum absolute atomic E-state index is 13.0. The molecule has 0 aromatic heterocycles. The number of methoxy groups -OCH3 is 1. The summed E-state index contributed by atoms with van der Waals surface area (Å²) >= 11 is 3.36. The summed E-state index contributed by atoms with van der Waals surface area (Å²) in [6.07, 6.45) is 0. The molecule has 0 amide bonds. The molecule has 2 aromatic carbocycles. The molecule has 0 aliphatic rings. The second kappa shape index (κ2) is 6.68.